The Balaban J connectivity index is 1.76. The summed E-state index contributed by atoms with van der Waals surface area (Å²) in [6, 6.07) is 7.54. The molecule has 2 aromatic rings. The largest absolute Gasteiger partial charge is 0.337 e. The van der Waals surface area contributed by atoms with Gasteiger partial charge < -0.3 is 4.90 Å². The SMILES string of the molecule is O=C(c1nnsc1Sc1ccc(Cl)cc1)N1CCCCC1. The van der Waals surface area contributed by atoms with Crippen LogP contribution in [0.15, 0.2) is 33.4 Å². The molecule has 1 aromatic carbocycles. The van der Waals surface area contributed by atoms with Gasteiger partial charge >= 0.3 is 0 Å². The molecule has 21 heavy (non-hydrogen) atoms. The van der Waals surface area contributed by atoms with Gasteiger partial charge in [-0.05, 0) is 55.1 Å². The van der Waals surface area contributed by atoms with Crippen molar-refractivity contribution in [1.29, 1.82) is 0 Å². The van der Waals surface area contributed by atoms with Crippen molar-refractivity contribution < 1.29 is 4.79 Å². The maximum absolute atomic E-state index is 12.5. The molecular weight excluding hydrogens is 326 g/mol. The number of rotatable bonds is 3. The molecule has 0 saturated carbocycles. The van der Waals surface area contributed by atoms with Crippen LogP contribution in [-0.2, 0) is 0 Å². The Morgan fingerprint density at radius 1 is 1.19 bits per heavy atom. The van der Waals surface area contributed by atoms with Crippen LogP contribution in [0.1, 0.15) is 29.8 Å². The second kappa shape index (κ2) is 6.77. The molecule has 0 N–H and O–H groups in total. The fraction of sp³-hybridized carbons (Fsp3) is 0.357. The number of aromatic nitrogens is 2. The Morgan fingerprint density at radius 2 is 1.90 bits per heavy atom. The highest BCUT2D eigenvalue weighted by Gasteiger charge is 2.24. The van der Waals surface area contributed by atoms with E-state index in [1.54, 1.807) is 0 Å². The Kier molecular flexibility index (Phi) is 4.77. The van der Waals surface area contributed by atoms with Gasteiger partial charge in [0.15, 0.2) is 5.69 Å². The summed E-state index contributed by atoms with van der Waals surface area (Å²) in [7, 11) is 0. The lowest BCUT2D eigenvalue weighted by atomic mass is 10.1. The summed E-state index contributed by atoms with van der Waals surface area (Å²) in [5.74, 6) is -0.0000801. The van der Waals surface area contributed by atoms with E-state index in [2.05, 4.69) is 9.59 Å². The Morgan fingerprint density at radius 3 is 2.62 bits per heavy atom. The van der Waals surface area contributed by atoms with Crippen molar-refractivity contribution in [3.05, 3.63) is 35.0 Å². The molecule has 1 aliphatic rings. The van der Waals surface area contributed by atoms with E-state index in [-0.39, 0.29) is 5.91 Å². The maximum atomic E-state index is 12.5. The van der Waals surface area contributed by atoms with Crippen LogP contribution in [0.2, 0.25) is 5.02 Å². The molecule has 1 amide bonds. The predicted molar refractivity (Wildman–Crippen MR) is 85.2 cm³/mol. The van der Waals surface area contributed by atoms with E-state index < -0.39 is 0 Å². The van der Waals surface area contributed by atoms with E-state index in [0.717, 1.165) is 35.0 Å². The fourth-order valence-electron chi connectivity index (χ4n) is 2.24. The van der Waals surface area contributed by atoms with Crippen molar-refractivity contribution in [3.8, 4) is 0 Å². The summed E-state index contributed by atoms with van der Waals surface area (Å²) < 4.78 is 4.79. The van der Waals surface area contributed by atoms with Crippen LogP contribution in [0.3, 0.4) is 0 Å². The van der Waals surface area contributed by atoms with E-state index in [4.69, 9.17) is 11.6 Å². The van der Waals surface area contributed by atoms with E-state index >= 15 is 0 Å². The van der Waals surface area contributed by atoms with Gasteiger partial charge in [0, 0.05) is 23.0 Å². The number of halogens is 1. The molecule has 3 rings (SSSR count). The molecule has 0 bridgehead atoms. The number of carbonyl (C=O) groups excluding carboxylic acids is 1. The molecule has 0 aliphatic carbocycles. The van der Waals surface area contributed by atoms with Crippen LogP contribution in [-0.4, -0.2) is 33.5 Å². The minimum Gasteiger partial charge on any atom is -0.337 e. The van der Waals surface area contributed by atoms with Gasteiger partial charge in [-0.3, -0.25) is 4.79 Å². The van der Waals surface area contributed by atoms with Crippen LogP contribution in [0.5, 0.6) is 0 Å². The van der Waals surface area contributed by atoms with Gasteiger partial charge in [0.2, 0.25) is 0 Å². The minimum absolute atomic E-state index is 0.0000801. The van der Waals surface area contributed by atoms with Crippen LogP contribution < -0.4 is 0 Å². The second-order valence-corrected chi connectivity index (χ2v) is 7.35. The van der Waals surface area contributed by atoms with Gasteiger partial charge in [-0.15, -0.1) is 5.10 Å². The Labute approximate surface area is 136 Å². The number of likely N-dealkylation sites (tertiary alicyclic amines) is 1. The number of amides is 1. The highest BCUT2D eigenvalue weighted by molar-refractivity contribution is 8.01. The Bertz CT molecular complexity index is 623. The second-order valence-electron chi connectivity index (χ2n) is 4.82. The standard InChI is InChI=1S/C14H14ClN3OS2/c15-10-4-6-11(7-5-10)20-14-12(16-17-21-14)13(19)18-8-2-1-3-9-18/h4-7H,1-3,8-9H2. The van der Waals surface area contributed by atoms with Gasteiger partial charge in [-0.2, -0.15) is 0 Å². The van der Waals surface area contributed by atoms with E-state index in [1.807, 2.05) is 29.2 Å². The first-order chi connectivity index (χ1) is 10.2. The zero-order valence-electron chi connectivity index (χ0n) is 11.3. The molecule has 110 valence electrons. The molecular formula is C14H14ClN3OS2. The summed E-state index contributed by atoms with van der Waals surface area (Å²) in [5.41, 5.74) is 0.474. The highest BCUT2D eigenvalue weighted by Crippen LogP contribution is 2.33. The maximum Gasteiger partial charge on any atom is 0.276 e. The molecule has 1 aliphatic heterocycles. The van der Waals surface area contributed by atoms with Crippen molar-refractivity contribution in [2.45, 2.75) is 28.4 Å². The van der Waals surface area contributed by atoms with Crippen LogP contribution in [0, 0.1) is 0 Å². The summed E-state index contributed by atoms with van der Waals surface area (Å²) in [6.45, 7) is 1.64. The Hall–Kier alpha value is -1.11. The molecule has 2 heterocycles. The van der Waals surface area contributed by atoms with Gasteiger partial charge in [-0.25, -0.2) is 0 Å². The van der Waals surface area contributed by atoms with Crippen LogP contribution in [0.4, 0.5) is 0 Å². The third-order valence-electron chi connectivity index (χ3n) is 3.33. The molecule has 0 radical (unpaired) electrons. The van der Waals surface area contributed by atoms with Crippen molar-refractivity contribution in [3.63, 3.8) is 0 Å². The third-order valence-corrected chi connectivity index (χ3v) is 5.46. The van der Waals surface area contributed by atoms with Crippen molar-refractivity contribution in [2.75, 3.05) is 13.1 Å². The smallest absolute Gasteiger partial charge is 0.276 e. The summed E-state index contributed by atoms with van der Waals surface area (Å²) in [5, 5.41) is 4.74. The van der Waals surface area contributed by atoms with Crippen LogP contribution in [0.25, 0.3) is 0 Å². The number of piperidine rings is 1. The lowest BCUT2D eigenvalue weighted by molar-refractivity contribution is 0.0715. The number of nitrogens with zero attached hydrogens (tertiary/aromatic N) is 3. The van der Waals surface area contributed by atoms with E-state index in [0.29, 0.717) is 10.7 Å². The summed E-state index contributed by atoms with van der Waals surface area (Å²) >= 11 is 8.66. The van der Waals surface area contributed by atoms with Gasteiger partial charge in [-0.1, -0.05) is 27.9 Å². The molecule has 0 atom stereocenters. The molecule has 0 spiro atoms. The normalized spacial score (nSPS) is 15.2. The molecule has 0 unspecified atom stereocenters. The first-order valence-corrected chi connectivity index (χ1v) is 8.76. The molecule has 4 nitrogen and oxygen atoms in total. The fourth-order valence-corrected chi connectivity index (χ4v) is 4.02. The average molecular weight is 340 g/mol. The molecule has 1 fully saturated rings. The van der Waals surface area contributed by atoms with Crippen molar-refractivity contribution in [2.24, 2.45) is 0 Å². The number of hydrogen-bond donors (Lipinski definition) is 0. The topological polar surface area (TPSA) is 46.1 Å². The molecule has 1 saturated heterocycles. The zero-order chi connectivity index (χ0) is 14.7. The van der Waals surface area contributed by atoms with Crippen molar-refractivity contribution in [1.82, 2.24) is 14.5 Å². The number of carbonyl (C=O) groups is 1. The molecule has 7 heteroatoms. The quantitative estimate of drug-likeness (QED) is 0.848. The minimum atomic E-state index is -0.0000801. The number of hydrogen-bond acceptors (Lipinski definition) is 5. The van der Waals surface area contributed by atoms with Crippen molar-refractivity contribution >= 4 is 40.8 Å². The monoisotopic (exact) mass is 339 g/mol. The highest BCUT2D eigenvalue weighted by atomic mass is 35.5. The van der Waals surface area contributed by atoms with E-state index in [9.17, 15) is 4.79 Å². The predicted octanol–water partition coefficient (Wildman–Crippen LogP) is 3.97. The molecule has 1 aromatic heterocycles. The zero-order valence-corrected chi connectivity index (χ0v) is 13.7. The van der Waals surface area contributed by atoms with Crippen LogP contribution >= 0.6 is 34.9 Å². The number of benzene rings is 1. The lowest BCUT2D eigenvalue weighted by Crippen LogP contribution is -2.36. The first kappa shape index (κ1) is 14.8. The van der Waals surface area contributed by atoms with Gasteiger partial charge in [0.25, 0.3) is 5.91 Å². The summed E-state index contributed by atoms with van der Waals surface area (Å²) in [6.07, 6.45) is 3.34. The lowest BCUT2D eigenvalue weighted by Gasteiger charge is -2.25. The van der Waals surface area contributed by atoms with Gasteiger partial charge in [0.05, 0.1) is 0 Å². The first-order valence-electron chi connectivity index (χ1n) is 6.79. The third kappa shape index (κ3) is 3.56. The van der Waals surface area contributed by atoms with E-state index in [1.165, 1.54) is 29.7 Å². The average Bonchev–Trinajstić information content (AvgIpc) is 2.98. The van der Waals surface area contributed by atoms with Gasteiger partial charge in [0.1, 0.15) is 4.21 Å². The summed E-state index contributed by atoms with van der Waals surface area (Å²) in [4.78, 5) is 15.4.